The predicted octanol–water partition coefficient (Wildman–Crippen LogP) is 3.33. The molecule has 0 saturated carbocycles. The zero-order chi connectivity index (χ0) is 14.5. The highest BCUT2D eigenvalue weighted by atomic mass is 15.1. The van der Waals surface area contributed by atoms with Gasteiger partial charge in [0.2, 0.25) is 0 Å². The maximum absolute atomic E-state index is 3.57. The molecule has 0 radical (unpaired) electrons. The van der Waals surface area contributed by atoms with Crippen LogP contribution in [0.4, 0.5) is 0 Å². The summed E-state index contributed by atoms with van der Waals surface area (Å²) >= 11 is 0. The molecule has 1 aromatic carbocycles. The summed E-state index contributed by atoms with van der Waals surface area (Å²) in [5.41, 5.74) is 1.52. The highest BCUT2D eigenvalue weighted by Crippen LogP contribution is 2.24. The molecule has 0 spiro atoms. The van der Waals surface area contributed by atoms with Crippen molar-refractivity contribution in [1.82, 2.24) is 10.2 Å². The maximum atomic E-state index is 3.57. The van der Waals surface area contributed by atoms with Crippen LogP contribution >= 0.6 is 0 Å². The van der Waals surface area contributed by atoms with Crippen molar-refractivity contribution in [1.29, 1.82) is 0 Å². The summed E-state index contributed by atoms with van der Waals surface area (Å²) in [6, 6.07) is 11.7. The van der Waals surface area contributed by atoms with Crippen molar-refractivity contribution in [3.05, 3.63) is 35.9 Å². The van der Waals surface area contributed by atoms with E-state index in [0.29, 0.717) is 0 Å². The van der Waals surface area contributed by atoms with Crippen molar-refractivity contribution in [2.75, 3.05) is 26.2 Å². The minimum Gasteiger partial charge on any atom is -0.314 e. The Balaban J connectivity index is 1.40. The molecule has 2 aliphatic rings. The molecule has 0 aliphatic carbocycles. The Morgan fingerprint density at radius 1 is 1.05 bits per heavy atom. The van der Waals surface area contributed by atoms with Crippen LogP contribution in [0.2, 0.25) is 0 Å². The van der Waals surface area contributed by atoms with Gasteiger partial charge < -0.3 is 10.2 Å². The molecule has 2 nitrogen and oxygen atoms in total. The van der Waals surface area contributed by atoms with Gasteiger partial charge in [-0.25, -0.2) is 0 Å². The summed E-state index contributed by atoms with van der Waals surface area (Å²) in [4.78, 5) is 2.73. The molecular formula is C19H30N2. The average Bonchev–Trinajstić information content (AvgIpc) is 2.50. The van der Waals surface area contributed by atoms with E-state index in [2.05, 4.69) is 47.5 Å². The lowest BCUT2D eigenvalue weighted by Crippen LogP contribution is -2.43. The molecular weight excluding hydrogens is 256 g/mol. The molecule has 2 heteroatoms. The third-order valence-electron chi connectivity index (χ3n) is 5.32. The lowest BCUT2D eigenvalue weighted by molar-refractivity contribution is 0.141. The first-order valence-electron chi connectivity index (χ1n) is 8.79. The molecule has 3 rings (SSSR count). The van der Waals surface area contributed by atoms with E-state index in [1.165, 1.54) is 63.8 Å². The Bertz CT molecular complexity index is 409. The van der Waals surface area contributed by atoms with E-state index in [1.54, 1.807) is 0 Å². The van der Waals surface area contributed by atoms with Gasteiger partial charge in [-0.2, -0.15) is 0 Å². The number of hydrogen-bond donors (Lipinski definition) is 1. The molecule has 116 valence electrons. The summed E-state index contributed by atoms with van der Waals surface area (Å²) in [6.07, 6.45) is 6.78. The van der Waals surface area contributed by atoms with Crippen LogP contribution in [0.5, 0.6) is 0 Å². The lowest BCUT2D eigenvalue weighted by atomic mass is 9.88. The van der Waals surface area contributed by atoms with Crippen LogP contribution < -0.4 is 5.32 Å². The number of benzene rings is 1. The molecule has 2 atom stereocenters. The van der Waals surface area contributed by atoms with Crippen LogP contribution in [0.3, 0.4) is 0 Å². The van der Waals surface area contributed by atoms with Gasteiger partial charge in [-0.3, -0.25) is 0 Å². The highest BCUT2D eigenvalue weighted by molar-refractivity contribution is 5.15. The molecule has 1 N–H and O–H groups in total. The van der Waals surface area contributed by atoms with Crippen LogP contribution in [0, 0.1) is 11.8 Å². The molecule has 21 heavy (non-hydrogen) atoms. The van der Waals surface area contributed by atoms with Gasteiger partial charge in [0.25, 0.3) is 0 Å². The molecule has 2 fully saturated rings. The van der Waals surface area contributed by atoms with Crippen molar-refractivity contribution in [3.8, 4) is 0 Å². The lowest BCUT2D eigenvalue weighted by Gasteiger charge is -2.36. The fourth-order valence-corrected chi connectivity index (χ4v) is 4.09. The van der Waals surface area contributed by atoms with Gasteiger partial charge in [-0.05, 0) is 76.1 Å². The van der Waals surface area contributed by atoms with Crippen LogP contribution in [0.1, 0.15) is 38.2 Å². The summed E-state index contributed by atoms with van der Waals surface area (Å²) in [5, 5.41) is 3.57. The molecule has 2 unspecified atom stereocenters. The second-order valence-electron chi connectivity index (χ2n) is 7.18. The highest BCUT2D eigenvalue weighted by Gasteiger charge is 2.24. The Kier molecular flexibility index (Phi) is 5.32. The van der Waals surface area contributed by atoms with E-state index in [9.17, 15) is 0 Å². The van der Waals surface area contributed by atoms with E-state index < -0.39 is 0 Å². The normalized spacial score (nSPS) is 28.6. The first kappa shape index (κ1) is 15.1. The van der Waals surface area contributed by atoms with E-state index in [0.717, 1.165) is 17.9 Å². The standard InChI is InChI=1S/C19H30N2/c1-16-13-19(7-10-20-16)15-21-11-8-18(9-12-21)14-17-5-3-2-4-6-17/h2-6,16,18-20H,7-15H2,1H3. The van der Waals surface area contributed by atoms with Crippen molar-refractivity contribution in [2.45, 2.75) is 45.1 Å². The zero-order valence-electron chi connectivity index (χ0n) is 13.4. The van der Waals surface area contributed by atoms with Crippen molar-refractivity contribution in [3.63, 3.8) is 0 Å². The monoisotopic (exact) mass is 286 g/mol. The SMILES string of the molecule is CC1CC(CN2CCC(Cc3ccccc3)CC2)CCN1. The number of likely N-dealkylation sites (tertiary alicyclic amines) is 1. The zero-order valence-corrected chi connectivity index (χ0v) is 13.4. The first-order chi connectivity index (χ1) is 10.3. The molecule has 1 aromatic rings. The Morgan fingerprint density at radius 3 is 2.52 bits per heavy atom. The van der Waals surface area contributed by atoms with E-state index in [-0.39, 0.29) is 0 Å². The van der Waals surface area contributed by atoms with E-state index in [1.807, 2.05) is 0 Å². The number of piperidine rings is 2. The van der Waals surface area contributed by atoms with E-state index in [4.69, 9.17) is 0 Å². The van der Waals surface area contributed by atoms with Gasteiger partial charge in [0, 0.05) is 12.6 Å². The van der Waals surface area contributed by atoms with Gasteiger partial charge in [0.15, 0.2) is 0 Å². The topological polar surface area (TPSA) is 15.3 Å². The van der Waals surface area contributed by atoms with Crippen LogP contribution in [0.15, 0.2) is 30.3 Å². The molecule has 2 heterocycles. The van der Waals surface area contributed by atoms with Gasteiger partial charge in [0.1, 0.15) is 0 Å². The van der Waals surface area contributed by atoms with Crippen LogP contribution in [-0.2, 0) is 6.42 Å². The smallest absolute Gasteiger partial charge is 0.00418 e. The van der Waals surface area contributed by atoms with Gasteiger partial charge in [0.05, 0.1) is 0 Å². The average molecular weight is 286 g/mol. The molecule has 0 aromatic heterocycles. The quantitative estimate of drug-likeness (QED) is 0.913. The summed E-state index contributed by atoms with van der Waals surface area (Å²) in [6.45, 7) is 7.52. The molecule has 0 amide bonds. The second kappa shape index (κ2) is 7.42. The minimum absolute atomic E-state index is 0.722. The summed E-state index contributed by atoms with van der Waals surface area (Å²) < 4.78 is 0. The number of hydrogen-bond acceptors (Lipinski definition) is 2. The third-order valence-corrected chi connectivity index (χ3v) is 5.32. The van der Waals surface area contributed by atoms with E-state index >= 15 is 0 Å². The molecule has 0 bridgehead atoms. The van der Waals surface area contributed by atoms with Crippen LogP contribution in [0.25, 0.3) is 0 Å². The minimum atomic E-state index is 0.722. The van der Waals surface area contributed by atoms with Crippen LogP contribution in [-0.4, -0.2) is 37.1 Å². The third kappa shape index (κ3) is 4.55. The number of nitrogens with zero attached hydrogens (tertiary/aromatic N) is 1. The van der Waals surface area contributed by atoms with Crippen molar-refractivity contribution < 1.29 is 0 Å². The fraction of sp³-hybridized carbons (Fsp3) is 0.684. The largest absolute Gasteiger partial charge is 0.314 e. The second-order valence-corrected chi connectivity index (χ2v) is 7.18. The molecule has 2 saturated heterocycles. The van der Waals surface area contributed by atoms with Crippen molar-refractivity contribution in [2.24, 2.45) is 11.8 Å². The Hall–Kier alpha value is -0.860. The Labute approximate surface area is 129 Å². The number of nitrogens with one attached hydrogen (secondary N) is 1. The first-order valence-corrected chi connectivity index (χ1v) is 8.79. The number of rotatable bonds is 4. The fourth-order valence-electron chi connectivity index (χ4n) is 4.09. The molecule has 2 aliphatic heterocycles. The van der Waals surface area contributed by atoms with Crippen molar-refractivity contribution >= 4 is 0 Å². The Morgan fingerprint density at radius 2 is 1.81 bits per heavy atom. The predicted molar refractivity (Wildman–Crippen MR) is 89.5 cm³/mol. The van der Waals surface area contributed by atoms with Gasteiger partial charge in [-0.15, -0.1) is 0 Å². The maximum Gasteiger partial charge on any atom is 0.00418 e. The summed E-state index contributed by atoms with van der Waals surface area (Å²) in [7, 11) is 0. The van der Waals surface area contributed by atoms with Gasteiger partial charge in [-0.1, -0.05) is 30.3 Å². The van der Waals surface area contributed by atoms with Gasteiger partial charge >= 0.3 is 0 Å². The summed E-state index contributed by atoms with van der Waals surface area (Å²) in [5.74, 6) is 1.82.